The number of aryl methyl sites for hydroxylation is 1. The van der Waals surface area contributed by atoms with Crippen LogP contribution in [0.25, 0.3) is 21.9 Å². The molecule has 1 saturated heterocycles. The molecule has 3 aromatic rings. The third-order valence-corrected chi connectivity index (χ3v) is 6.49. The van der Waals surface area contributed by atoms with Crippen LogP contribution in [0, 0.1) is 5.92 Å². The molecule has 1 amide bonds. The summed E-state index contributed by atoms with van der Waals surface area (Å²) in [6, 6.07) is 11.2. The summed E-state index contributed by atoms with van der Waals surface area (Å²) in [6.07, 6.45) is 3.71. The van der Waals surface area contributed by atoms with Gasteiger partial charge in [-0.1, -0.05) is 18.2 Å². The zero-order chi connectivity index (χ0) is 18.7. The molecule has 1 aromatic carbocycles. The van der Waals surface area contributed by atoms with Crippen LogP contribution in [0.5, 0.6) is 0 Å². The molecule has 0 spiro atoms. The van der Waals surface area contributed by atoms with Gasteiger partial charge in [0.25, 0.3) is 5.91 Å². The minimum atomic E-state index is 0.167. The molecule has 0 bridgehead atoms. The molecule has 0 N–H and O–H groups in total. The van der Waals surface area contributed by atoms with Crippen LogP contribution in [-0.2, 0) is 13.6 Å². The van der Waals surface area contributed by atoms with Crippen molar-refractivity contribution in [3.05, 3.63) is 36.0 Å². The number of amides is 1. The molecule has 1 aliphatic heterocycles. The highest BCUT2D eigenvalue weighted by molar-refractivity contribution is 6.10. The average molecular weight is 364 g/mol. The monoisotopic (exact) mass is 364 g/mol. The predicted molar refractivity (Wildman–Crippen MR) is 109 cm³/mol. The van der Waals surface area contributed by atoms with Crippen LogP contribution < -0.4 is 0 Å². The Bertz CT molecular complexity index is 1020. The lowest BCUT2D eigenvalue weighted by Crippen LogP contribution is -2.35. The zero-order valence-electron chi connectivity index (χ0n) is 16.5. The molecule has 0 unspecified atom stereocenters. The largest absolute Gasteiger partial charge is 0.339 e. The van der Waals surface area contributed by atoms with Crippen LogP contribution in [0.2, 0.25) is 0 Å². The minimum Gasteiger partial charge on any atom is -0.339 e. The molecule has 0 radical (unpaired) electrons. The fourth-order valence-electron chi connectivity index (χ4n) is 4.62. The second-order valence-electron chi connectivity index (χ2n) is 8.55. The normalized spacial score (nSPS) is 20.4. The van der Waals surface area contributed by atoms with E-state index >= 15 is 0 Å². The fraction of sp³-hybridized carbons (Fsp3) is 0.500. The van der Waals surface area contributed by atoms with E-state index in [0.717, 1.165) is 37.7 Å². The van der Waals surface area contributed by atoms with E-state index in [1.165, 1.54) is 34.8 Å². The summed E-state index contributed by atoms with van der Waals surface area (Å²) in [7, 11) is 6.24. The standard InChI is InChI=1S/C22H28N4O/c1-23(2)16-10-11-25(14-16)22(27)20-12-19-21(24(20)3)17-6-4-5-7-18(17)26(19)13-15-8-9-15/h4-7,12,15-16H,8-11,13-14H2,1-3H3/t16-/m0/s1. The topological polar surface area (TPSA) is 33.4 Å². The number of benzene rings is 1. The van der Waals surface area contributed by atoms with E-state index in [2.05, 4.69) is 58.5 Å². The number of hydrogen-bond acceptors (Lipinski definition) is 2. The van der Waals surface area contributed by atoms with E-state index in [4.69, 9.17) is 0 Å². The van der Waals surface area contributed by atoms with Gasteiger partial charge in [-0.05, 0) is 51.4 Å². The first-order chi connectivity index (χ1) is 13.0. The molecule has 5 heteroatoms. The molecule has 1 aliphatic carbocycles. The van der Waals surface area contributed by atoms with Gasteiger partial charge in [-0.3, -0.25) is 4.79 Å². The number of hydrogen-bond donors (Lipinski definition) is 0. The molecule has 2 aliphatic rings. The maximum atomic E-state index is 13.3. The predicted octanol–water partition coefficient (Wildman–Crippen LogP) is 3.32. The number of likely N-dealkylation sites (N-methyl/N-ethyl adjacent to an activating group) is 1. The van der Waals surface area contributed by atoms with Gasteiger partial charge in [0, 0.05) is 38.1 Å². The lowest BCUT2D eigenvalue weighted by atomic mass is 10.2. The maximum Gasteiger partial charge on any atom is 0.270 e. The Morgan fingerprint density at radius 3 is 2.63 bits per heavy atom. The fourth-order valence-corrected chi connectivity index (χ4v) is 4.62. The van der Waals surface area contributed by atoms with E-state index in [1.807, 2.05) is 11.9 Å². The molecule has 1 saturated carbocycles. The Hall–Kier alpha value is -2.27. The van der Waals surface area contributed by atoms with Gasteiger partial charge >= 0.3 is 0 Å². The smallest absolute Gasteiger partial charge is 0.270 e. The molecule has 2 fully saturated rings. The number of nitrogens with zero attached hydrogens (tertiary/aromatic N) is 4. The van der Waals surface area contributed by atoms with Crippen molar-refractivity contribution >= 4 is 27.8 Å². The summed E-state index contributed by atoms with van der Waals surface area (Å²) in [5.74, 6) is 0.961. The van der Waals surface area contributed by atoms with E-state index in [0.29, 0.717) is 6.04 Å². The van der Waals surface area contributed by atoms with E-state index in [1.54, 1.807) is 0 Å². The Morgan fingerprint density at radius 2 is 1.93 bits per heavy atom. The Balaban J connectivity index is 1.58. The number of fused-ring (bicyclic) bond motifs is 3. The molecule has 3 heterocycles. The number of aromatic nitrogens is 2. The van der Waals surface area contributed by atoms with Crippen molar-refractivity contribution in [1.82, 2.24) is 18.9 Å². The lowest BCUT2D eigenvalue weighted by molar-refractivity contribution is 0.0774. The van der Waals surface area contributed by atoms with Crippen LogP contribution in [0.1, 0.15) is 29.8 Å². The van der Waals surface area contributed by atoms with Crippen molar-refractivity contribution < 1.29 is 4.79 Å². The van der Waals surface area contributed by atoms with Crippen LogP contribution >= 0.6 is 0 Å². The van der Waals surface area contributed by atoms with Crippen LogP contribution in [0.15, 0.2) is 30.3 Å². The Morgan fingerprint density at radius 1 is 1.15 bits per heavy atom. The van der Waals surface area contributed by atoms with Crippen LogP contribution in [-0.4, -0.2) is 58.1 Å². The highest BCUT2D eigenvalue weighted by Gasteiger charge is 2.31. The first-order valence-electron chi connectivity index (χ1n) is 10.1. The molecule has 27 heavy (non-hydrogen) atoms. The SMILES string of the molecule is CN(C)[C@H]1CCN(C(=O)c2cc3c(c4ccccc4n3CC3CC3)n2C)C1. The van der Waals surface area contributed by atoms with Gasteiger partial charge in [0.15, 0.2) is 0 Å². The summed E-state index contributed by atoms with van der Waals surface area (Å²) >= 11 is 0. The van der Waals surface area contributed by atoms with Crippen molar-refractivity contribution in [3.63, 3.8) is 0 Å². The van der Waals surface area contributed by atoms with Crippen molar-refractivity contribution in [2.24, 2.45) is 13.0 Å². The maximum absolute atomic E-state index is 13.3. The van der Waals surface area contributed by atoms with E-state index < -0.39 is 0 Å². The molecule has 5 nitrogen and oxygen atoms in total. The quantitative estimate of drug-likeness (QED) is 0.712. The van der Waals surface area contributed by atoms with Crippen LogP contribution in [0.3, 0.4) is 0 Å². The molecule has 5 rings (SSSR count). The summed E-state index contributed by atoms with van der Waals surface area (Å²) in [4.78, 5) is 17.5. The number of rotatable bonds is 4. The van der Waals surface area contributed by atoms with Crippen LogP contribution in [0.4, 0.5) is 0 Å². The Labute approximate surface area is 160 Å². The number of carbonyl (C=O) groups is 1. The molecule has 142 valence electrons. The van der Waals surface area contributed by atoms with Gasteiger partial charge in [-0.25, -0.2) is 0 Å². The van der Waals surface area contributed by atoms with Crippen molar-refractivity contribution in [2.75, 3.05) is 27.2 Å². The summed E-state index contributed by atoms with van der Waals surface area (Å²) < 4.78 is 4.55. The zero-order valence-corrected chi connectivity index (χ0v) is 16.5. The second kappa shape index (κ2) is 6.13. The lowest BCUT2D eigenvalue weighted by Gasteiger charge is -2.20. The molecule has 1 atom stereocenters. The van der Waals surface area contributed by atoms with Gasteiger partial charge in [0.2, 0.25) is 0 Å². The third-order valence-electron chi connectivity index (χ3n) is 6.49. The average Bonchev–Trinajstić information content (AvgIpc) is 3.11. The number of carbonyl (C=O) groups excluding carboxylic acids is 1. The summed E-state index contributed by atoms with van der Waals surface area (Å²) in [5, 5.41) is 1.25. The van der Waals surface area contributed by atoms with Crippen molar-refractivity contribution in [1.29, 1.82) is 0 Å². The summed E-state index contributed by atoms with van der Waals surface area (Å²) in [6.45, 7) is 2.73. The van der Waals surface area contributed by atoms with Gasteiger partial charge in [-0.15, -0.1) is 0 Å². The molecular formula is C22H28N4O. The highest BCUT2D eigenvalue weighted by atomic mass is 16.2. The van der Waals surface area contributed by atoms with Gasteiger partial charge in [0.1, 0.15) is 5.69 Å². The molecular weight excluding hydrogens is 336 g/mol. The van der Waals surface area contributed by atoms with E-state index in [9.17, 15) is 4.79 Å². The van der Waals surface area contributed by atoms with Crippen molar-refractivity contribution in [2.45, 2.75) is 31.8 Å². The first kappa shape index (κ1) is 16.9. The van der Waals surface area contributed by atoms with Gasteiger partial charge in [0.05, 0.1) is 16.6 Å². The summed E-state index contributed by atoms with van der Waals surface area (Å²) in [5.41, 5.74) is 4.50. The minimum absolute atomic E-state index is 0.167. The Kier molecular flexibility index (Phi) is 3.83. The third kappa shape index (κ3) is 2.67. The van der Waals surface area contributed by atoms with E-state index in [-0.39, 0.29) is 5.91 Å². The second-order valence-corrected chi connectivity index (χ2v) is 8.55. The number of para-hydroxylation sites is 1. The molecule has 2 aromatic heterocycles. The highest BCUT2D eigenvalue weighted by Crippen LogP contribution is 2.37. The first-order valence-corrected chi connectivity index (χ1v) is 10.1. The van der Waals surface area contributed by atoms with Gasteiger partial charge in [-0.2, -0.15) is 0 Å². The van der Waals surface area contributed by atoms with Crippen molar-refractivity contribution in [3.8, 4) is 0 Å². The van der Waals surface area contributed by atoms with Gasteiger partial charge < -0.3 is 18.9 Å². The number of likely N-dealkylation sites (tertiary alicyclic amines) is 1.